The standard InChI is InChI=1S/C11H12N2O.ClH/c1-2-8-7-9-5-3-4-6-10(9)13(12)11(8)14;/h3-7H,2,12H2,1H3;1H. The molecule has 0 aliphatic rings. The van der Waals surface area contributed by atoms with E-state index in [1.54, 1.807) is 0 Å². The topological polar surface area (TPSA) is 48.0 Å². The second-order valence-corrected chi connectivity index (χ2v) is 3.26. The molecular formula is C11H13ClN2O. The van der Waals surface area contributed by atoms with Crippen LogP contribution in [0, 0.1) is 0 Å². The third kappa shape index (κ3) is 1.83. The molecule has 3 nitrogen and oxygen atoms in total. The number of rotatable bonds is 1. The summed E-state index contributed by atoms with van der Waals surface area (Å²) in [6.07, 6.45) is 0.709. The third-order valence-corrected chi connectivity index (χ3v) is 2.40. The predicted molar refractivity (Wildman–Crippen MR) is 65.0 cm³/mol. The van der Waals surface area contributed by atoms with Gasteiger partial charge in [0.2, 0.25) is 0 Å². The molecule has 2 N–H and O–H groups in total. The minimum absolute atomic E-state index is 0. The Morgan fingerprint density at radius 3 is 2.67 bits per heavy atom. The number of aromatic nitrogens is 1. The third-order valence-electron chi connectivity index (χ3n) is 2.40. The first-order valence-electron chi connectivity index (χ1n) is 4.62. The first-order chi connectivity index (χ1) is 6.74. The Kier molecular flexibility index (Phi) is 3.37. The van der Waals surface area contributed by atoms with Crippen molar-refractivity contribution < 1.29 is 0 Å². The average Bonchev–Trinajstić information content (AvgIpc) is 2.23. The summed E-state index contributed by atoms with van der Waals surface area (Å²) in [7, 11) is 0. The summed E-state index contributed by atoms with van der Waals surface area (Å²) in [6, 6.07) is 9.51. The van der Waals surface area contributed by atoms with E-state index in [4.69, 9.17) is 5.84 Å². The van der Waals surface area contributed by atoms with Crippen LogP contribution in [0.15, 0.2) is 35.1 Å². The Hall–Kier alpha value is -1.48. The number of halogens is 1. The Morgan fingerprint density at radius 2 is 2.00 bits per heavy atom. The molecule has 0 bridgehead atoms. The predicted octanol–water partition coefficient (Wildman–Crippen LogP) is 1.70. The molecule has 0 aliphatic heterocycles. The van der Waals surface area contributed by atoms with Crippen LogP contribution in [0.1, 0.15) is 12.5 Å². The average molecular weight is 225 g/mol. The fourth-order valence-electron chi connectivity index (χ4n) is 1.60. The normalized spacial score (nSPS) is 9.93. The van der Waals surface area contributed by atoms with Crippen LogP contribution in [0.25, 0.3) is 10.9 Å². The molecule has 2 rings (SSSR count). The van der Waals surface area contributed by atoms with Gasteiger partial charge in [0.25, 0.3) is 5.56 Å². The highest BCUT2D eigenvalue weighted by molar-refractivity contribution is 5.85. The molecular weight excluding hydrogens is 212 g/mol. The van der Waals surface area contributed by atoms with Crippen molar-refractivity contribution in [1.82, 2.24) is 4.68 Å². The number of fused-ring (bicyclic) bond motifs is 1. The van der Waals surface area contributed by atoms with Gasteiger partial charge < -0.3 is 5.84 Å². The summed E-state index contributed by atoms with van der Waals surface area (Å²) in [6.45, 7) is 1.95. The van der Waals surface area contributed by atoms with Gasteiger partial charge in [-0.3, -0.25) is 4.79 Å². The Bertz CT molecular complexity index is 534. The van der Waals surface area contributed by atoms with Crippen LogP contribution < -0.4 is 11.4 Å². The molecule has 0 saturated heterocycles. The van der Waals surface area contributed by atoms with Gasteiger partial charge in [0, 0.05) is 10.9 Å². The summed E-state index contributed by atoms with van der Waals surface area (Å²) in [5, 5.41) is 1.01. The van der Waals surface area contributed by atoms with Gasteiger partial charge in [0.15, 0.2) is 0 Å². The maximum Gasteiger partial charge on any atom is 0.272 e. The zero-order valence-corrected chi connectivity index (χ0v) is 9.25. The molecule has 1 aromatic heterocycles. The fraction of sp³-hybridized carbons (Fsp3) is 0.182. The van der Waals surface area contributed by atoms with E-state index < -0.39 is 0 Å². The molecule has 0 aliphatic carbocycles. The second kappa shape index (κ2) is 4.36. The quantitative estimate of drug-likeness (QED) is 0.750. The lowest BCUT2D eigenvalue weighted by molar-refractivity contribution is 0.941. The van der Waals surface area contributed by atoms with E-state index in [-0.39, 0.29) is 18.0 Å². The van der Waals surface area contributed by atoms with E-state index >= 15 is 0 Å². The summed E-state index contributed by atoms with van der Waals surface area (Å²) in [5.41, 5.74) is 1.42. The van der Waals surface area contributed by atoms with Crippen LogP contribution in [0.5, 0.6) is 0 Å². The molecule has 0 saturated carbocycles. The van der Waals surface area contributed by atoms with Gasteiger partial charge in [0.1, 0.15) is 0 Å². The van der Waals surface area contributed by atoms with Crippen LogP contribution in [0.3, 0.4) is 0 Å². The smallest absolute Gasteiger partial charge is 0.272 e. The van der Waals surface area contributed by atoms with Crippen LogP contribution in [-0.4, -0.2) is 4.68 Å². The van der Waals surface area contributed by atoms with Crippen LogP contribution in [-0.2, 0) is 6.42 Å². The van der Waals surface area contributed by atoms with Crippen molar-refractivity contribution in [3.8, 4) is 0 Å². The first-order valence-corrected chi connectivity index (χ1v) is 4.62. The zero-order valence-electron chi connectivity index (χ0n) is 8.43. The van der Waals surface area contributed by atoms with Crippen molar-refractivity contribution in [1.29, 1.82) is 0 Å². The highest BCUT2D eigenvalue weighted by Crippen LogP contribution is 2.11. The van der Waals surface area contributed by atoms with Gasteiger partial charge in [0.05, 0.1) is 5.52 Å². The molecule has 0 atom stereocenters. The van der Waals surface area contributed by atoms with Crippen LogP contribution >= 0.6 is 12.4 Å². The van der Waals surface area contributed by atoms with E-state index in [9.17, 15) is 4.79 Å². The number of nitrogens with two attached hydrogens (primary N) is 1. The molecule has 2 aromatic rings. The van der Waals surface area contributed by atoms with Gasteiger partial charge in [-0.1, -0.05) is 25.1 Å². The van der Waals surface area contributed by atoms with Crippen molar-refractivity contribution in [2.75, 3.05) is 5.84 Å². The molecule has 0 fully saturated rings. The van der Waals surface area contributed by atoms with Crippen LogP contribution in [0.4, 0.5) is 0 Å². The second-order valence-electron chi connectivity index (χ2n) is 3.26. The molecule has 0 unspecified atom stereocenters. The summed E-state index contributed by atoms with van der Waals surface area (Å²) >= 11 is 0. The minimum Gasteiger partial charge on any atom is -0.336 e. The number of hydrogen-bond donors (Lipinski definition) is 1. The fourth-order valence-corrected chi connectivity index (χ4v) is 1.60. The Morgan fingerprint density at radius 1 is 1.33 bits per heavy atom. The van der Waals surface area contributed by atoms with E-state index in [2.05, 4.69) is 0 Å². The monoisotopic (exact) mass is 224 g/mol. The number of benzene rings is 1. The minimum atomic E-state index is -0.105. The first kappa shape index (κ1) is 11.6. The highest BCUT2D eigenvalue weighted by atomic mass is 35.5. The van der Waals surface area contributed by atoms with Gasteiger partial charge in [-0.15, -0.1) is 12.4 Å². The lowest BCUT2D eigenvalue weighted by Gasteiger charge is -2.06. The van der Waals surface area contributed by atoms with Gasteiger partial charge in [-0.25, -0.2) is 4.68 Å². The van der Waals surface area contributed by atoms with Gasteiger partial charge >= 0.3 is 0 Å². The SMILES string of the molecule is CCc1cc2ccccc2n(N)c1=O.Cl. The lowest BCUT2D eigenvalue weighted by atomic mass is 10.1. The zero-order chi connectivity index (χ0) is 10.1. The molecule has 0 spiro atoms. The molecule has 0 radical (unpaired) electrons. The van der Waals surface area contributed by atoms with E-state index in [0.29, 0.717) is 6.42 Å². The molecule has 0 amide bonds. The summed E-state index contributed by atoms with van der Waals surface area (Å²) in [5.74, 6) is 5.70. The van der Waals surface area contributed by atoms with E-state index in [1.807, 2.05) is 37.3 Å². The number of hydrogen-bond acceptors (Lipinski definition) is 2. The van der Waals surface area contributed by atoms with E-state index in [1.165, 1.54) is 4.68 Å². The van der Waals surface area contributed by atoms with Crippen LogP contribution in [0.2, 0.25) is 0 Å². The largest absolute Gasteiger partial charge is 0.336 e. The Balaban J connectivity index is 0.00000112. The van der Waals surface area contributed by atoms with Crippen molar-refractivity contribution in [3.05, 3.63) is 46.2 Å². The molecule has 1 aromatic carbocycles. The Labute approximate surface area is 93.9 Å². The maximum absolute atomic E-state index is 11.7. The van der Waals surface area contributed by atoms with Crippen molar-refractivity contribution >= 4 is 23.3 Å². The molecule has 1 heterocycles. The summed E-state index contributed by atoms with van der Waals surface area (Å²) in [4.78, 5) is 11.7. The van der Waals surface area contributed by atoms with Crippen molar-refractivity contribution in [2.45, 2.75) is 13.3 Å². The molecule has 15 heavy (non-hydrogen) atoms. The lowest BCUT2D eigenvalue weighted by Crippen LogP contribution is -2.29. The number of para-hydroxylation sites is 1. The number of nitrogens with zero attached hydrogens (tertiary/aromatic N) is 1. The molecule has 4 heteroatoms. The maximum atomic E-state index is 11.7. The van der Waals surface area contributed by atoms with Crippen molar-refractivity contribution in [3.63, 3.8) is 0 Å². The molecule has 80 valence electrons. The number of aryl methyl sites for hydroxylation is 1. The van der Waals surface area contributed by atoms with Gasteiger partial charge in [-0.05, 0) is 18.6 Å². The number of nitrogen functional groups attached to an aromatic ring is 1. The highest BCUT2D eigenvalue weighted by Gasteiger charge is 2.04. The van der Waals surface area contributed by atoms with Gasteiger partial charge in [-0.2, -0.15) is 0 Å². The summed E-state index contributed by atoms with van der Waals surface area (Å²) < 4.78 is 1.22. The van der Waals surface area contributed by atoms with E-state index in [0.717, 1.165) is 16.5 Å². The number of pyridine rings is 1. The van der Waals surface area contributed by atoms with Crippen molar-refractivity contribution in [2.24, 2.45) is 0 Å².